The predicted octanol–water partition coefficient (Wildman–Crippen LogP) is 2.43. The number of rotatable bonds is 3. The van der Waals surface area contributed by atoms with Crippen LogP contribution in [0, 0.1) is 11.3 Å². The number of hydrogen-bond acceptors (Lipinski definition) is 2. The van der Waals surface area contributed by atoms with Gasteiger partial charge in [-0.15, -0.1) is 0 Å². The molecule has 0 aromatic carbocycles. The number of nitrogens with zero attached hydrogens (tertiary/aromatic N) is 1. The average Bonchev–Trinajstić information content (AvgIpc) is 2.13. The SMILES string of the molecule is N#CCC1=C(F)C(CC=O)=CCC1. The summed E-state index contributed by atoms with van der Waals surface area (Å²) in [6.45, 7) is 0. The van der Waals surface area contributed by atoms with Crippen LogP contribution in [0.5, 0.6) is 0 Å². The highest BCUT2D eigenvalue weighted by Crippen LogP contribution is 2.29. The predicted molar refractivity (Wildman–Crippen MR) is 46.4 cm³/mol. The Labute approximate surface area is 76.4 Å². The van der Waals surface area contributed by atoms with Gasteiger partial charge in [0.05, 0.1) is 12.5 Å². The molecule has 13 heavy (non-hydrogen) atoms. The molecule has 0 N–H and O–H groups in total. The van der Waals surface area contributed by atoms with Crippen molar-refractivity contribution < 1.29 is 9.18 Å². The fourth-order valence-corrected chi connectivity index (χ4v) is 1.37. The summed E-state index contributed by atoms with van der Waals surface area (Å²) in [7, 11) is 0. The Hall–Kier alpha value is -1.43. The molecule has 0 fully saturated rings. The Balaban J connectivity index is 2.83. The van der Waals surface area contributed by atoms with E-state index in [4.69, 9.17) is 5.26 Å². The van der Waals surface area contributed by atoms with Crippen molar-refractivity contribution in [1.82, 2.24) is 0 Å². The first kappa shape index (κ1) is 9.66. The molecule has 0 atom stereocenters. The van der Waals surface area contributed by atoms with Crippen LogP contribution in [0.25, 0.3) is 0 Å². The van der Waals surface area contributed by atoms with Gasteiger partial charge in [-0.3, -0.25) is 0 Å². The molecule has 0 spiro atoms. The van der Waals surface area contributed by atoms with Gasteiger partial charge >= 0.3 is 0 Å². The van der Waals surface area contributed by atoms with Crippen molar-refractivity contribution in [1.29, 1.82) is 5.26 Å². The van der Waals surface area contributed by atoms with E-state index in [9.17, 15) is 9.18 Å². The van der Waals surface area contributed by atoms with Gasteiger partial charge in [0.15, 0.2) is 0 Å². The second-order valence-electron chi connectivity index (χ2n) is 2.89. The standard InChI is InChI=1S/C10H10FNO/c11-10-8(4-6-12)2-1-3-9(10)5-7-13/h3,7H,1-2,4-5H2. The number of carbonyl (C=O) groups is 1. The molecule has 0 saturated heterocycles. The van der Waals surface area contributed by atoms with Gasteiger partial charge in [-0.05, 0) is 24.0 Å². The minimum absolute atomic E-state index is 0.112. The monoisotopic (exact) mass is 179 g/mol. The van der Waals surface area contributed by atoms with Crippen LogP contribution in [0.15, 0.2) is 23.0 Å². The number of aldehydes is 1. The molecule has 0 aliphatic heterocycles. The molecular formula is C10H10FNO. The Morgan fingerprint density at radius 2 is 2.46 bits per heavy atom. The van der Waals surface area contributed by atoms with E-state index in [-0.39, 0.29) is 18.7 Å². The number of halogens is 1. The minimum atomic E-state index is -0.347. The van der Waals surface area contributed by atoms with Crippen LogP contribution < -0.4 is 0 Å². The number of carbonyl (C=O) groups excluding carboxylic acids is 1. The normalized spacial score (nSPS) is 16.5. The molecule has 0 bridgehead atoms. The van der Waals surface area contributed by atoms with Gasteiger partial charge in [0, 0.05) is 6.42 Å². The van der Waals surface area contributed by atoms with Gasteiger partial charge in [0.25, 0.3) is 0 Å². The van der Waals surface area contributed by atoms with E-state index < -0.39 is 0 Å². The first-order chi connectivity index (χ1) is 6.29. The molecule has 1 rings (SSSR count). The lowest BCUT2D eigenvalue weighted by Crippen LogP contribution is -1.98. The number of allylic oxidation sites excluding steroid dienone is 4. The smallest absolute Gasteiger partial charge is 0.126 e. The lowest BCUT2D eigenvalue weighted by Gasteiger charge is -2.12. The van der Waals surface area contributed by atoms with Crippen molar-refractivity contribution in [3.63, 3.8) is 0 Å². The van der Waals surface area contributed by atoms with Crippen molar-refractivity contribution in [2.75, 3.05) is 0 Å². The zero-order chi connectivity index (χ0) is 9.68. The third-order valence-corrected chi connectivity index (χ3v) is 2.02. The van der Waals surface area contributed by atoms with Crippen molar-refractivity contribution in [3.05, 3.63) is 23.0 Å². The van der Waals surface area contributed by atoms with E-state index in [2.05, 4.69) is 0 Å². The minimum Gasteiger partial charge on any atom is -0.303 e. The number of nitriles is 1. The quantitative estimate of drug-likeness (QED) is 0.624. The highest BCUT2D eigenvalue weighted by atomic mass is 19.1. The highest BCUT2D eigenvalue weighted by molar-refractivity contribution is 5.58. The van der Waals surface area contributed by atoms with Crippen LogP contribution in [0.4, 0.5) is 4.39 Å². The average molecular weight is 179 g/mol. The van der Waals surface area contributed by atoms with E-state index >= 15 is 0 Å². The summed E-state index contributed by atoms with van der Waals surface area (Å²) in [5, 5.41) is 8.41. The van der Waals surface area contributed by atoms with Gasteiger partial charge < -0.3 is 4.79 Å². The fraction of sp³-hybridized carbons (Fsp3) is 0.400. The van der Waals surface area contributed by atoms with Gasteiger partial charge in [0.1, 0.15) is 12.1 Å². The van der Waals surface area contributed by atoms with Gasteiger partial charge in [-0.2, -0.15) is 5.26 Å². The summed E-state index contributed by atoms with van der Waals surface area (Å²) in [4.78, 5) is 10.2. The van der Waals surface area contributed by atoms with Crippen molar-refractivity contribution >= 4 is 6.29 Å². The molecule has 0 saturated carbocycles. The maximum absolute atomic E-state index is 13.4. The zero-order valence-electron chi connectivity index (χ0n) is 7.22. The summed E-state index contributed by atoms with van der Waals surface area (Å²) < 4.78 is 13.4. The molecule has 0 unspecified atom stereocenters. The maximum atomic E-state index is 13.4. The molecule has 3 heteroatoms. The fourth-order valence-electron chi connectivity index (χ4n) is 1.37. The van der Waals surface area contributed by atoms with Gasteiger partial charge in [0.2, 0.25) is 0 Å². The molecule has 1 aliphatic carbocycles. The molecule has 0 heterocycles. The molecule has 2 nitrogen and oxygen atoms in total. The Kier molecular flexibility index (Phi) is 3.39. The van der Waals surface area contributed by atoms with Crippen molar-refractivity contribution in [3.8, 4) is 6.07 Å². The van der Waals surface area contributed by atoms with Gasteiger partial charge in [-0.1, -0.05) is 6.08 Å². The number of hydrogen-bond donors (Lipinski definition) is 0. The second-order valence-corrected chi connectivity index (χ2v) is 2.89. The third kappa shape index (κ3) is 2.25. The summed E-state index contributed by atoms with van der Waals surface area (Å²) in [5.41, 5.74) is 0.966. The van der Waals surface area contributed by atoms with E-state index in [1.54, 1.807) is 6.08 Å². The van der Waals surface area contributed by atoms with E-state index in [1.165, 1.54) is 0 Å². The van der Waals surface area contributed by atoms with Crippen molar-refractivity contribution in [2.24, 2.45) is 0 Å². The third-order valence-electron chi connectivity index (χ3n) is 2.02. The topological polar surface area (TPSA) is 40.9 Å². The van der Waals surface area contributed by atoms with Crippen LogP contribution >= 0.6 is 0 Å². The molecule has 68 valence electrons. The Bertz CT molecular complexity index is 309. The molecule has 1 aliphatic rings. The highest BCUT2D eigenvalue weighted by Gasteiger charge is 2.14. The van der Waals surface area contributed by atoms with Crippen LogP contribution in [0.1, 0.15) is 25.7 Å². The molecule has 0 aromatic heterocycles. The summed E-state index contributed by atoms with van der Waals surface area (Å²) in [5.74, 6) is -0.347. The van der Waals surface area contributed by atoms with Crippen LogP contribution in [0.2, 0.25) is 0 Å². The Morgan fingerprint density at radius 1 is 1.69 bits per heavy atom. The van der Waals surface area contributed by atoms with Crippen molar-refractivity contribution in [2.45, 2.75) is 25.7 Å². The lowest BCUT2D eigenvalue weighted by atomic mass is 9.95. The largest absolute Gasteiger partial charge is 0.303 e. The van der Waals surface area contributed by atoms with E-state index in [1.807, 2.05) is 6.07 Å². The zero-order valence-corrected chi connectivity index (χ0v) is 7.22. The van der Waals surface area contributed by atoms with E-state index in [0.717, 1.165) is 6.42 Å². The summed E-state index contributed by atoms with van der Waals surface area (Å²) >= 11 is 0. The van der Waals surface area contributed by atoms with Crippen LogP contribution in [-0.2, 0) is 4.79 Å². The molecular weight excluding hydrogens is 169 g/mol. The van der Waals surface area contributed by atoms with E-state index in [0.29, 0.717) is 23.9 Å². The van der Waals surface area contributed by atoms with Crippen LogP contribution in [0.3, 0.4) is 0 Å². The lowest BCUT2D eigenvalue weighted by molar-refractivity contribution is -0.107. The summed E-state index contributed by atoms with van der Waals surface area (Å²) in [6, 6.07) is 1.92. The first-order valence-corrected chi connectivity index (χ1v) is 4.17. The molecule has 0 aromatic rings. The Morgan fingerprint density at radius 3 is 3.08 bits per heavy atom. The first-order valence-electron chi connectivity index (χ1n) is 4.17. The maximum Gasteiger partial charge on any atom is 0.126 e. The molecule has 0 radical (unpaired) electrons. The molecule has 0 amide bonds. The van der Waals surface area contributed by atoms with Crippen LogP contribution in [-0.4, -0.2) is 6.29 Å². The van der Waals surface area contributed by atoms with Gasteiger partial charge in [-0.25, -0.2) is 4.39 Å². The summed E-state index contributed by atoms with van der Waals surface area (Å²) in [6.07, 6.45) is 3.98. The second kappa shape index (κ2) is 4.56.